The number of benzene rings is 1. The molecular weight excluding hydrogens is 311 g/mol. The van der Waals surface area contributed by atoms with Crippen molar-refractivity contribution in [2.24, 2.45) is 0 Å². The molecule has 0 aliphatic carbocycles. The Hall–Kier alpha value is -0.890. The van der Waals surface area contributed by atoms with Crippen molar-refractivity contribution in [2.45, 2.75) is 11.3 Å². The van der Waals surface area contributed by atoms with Gasteiger partial charge in [0.2, 0.25) is 0 Å². The van der Waals surface area contributed by atoms with Crippen LogP contribution in [0.5, 0.6) is 5.75 Å². The summed E-state index contributed by atoms with van der Waals surface area (Å²) in [5.74, 6) is -0.669. The molecular formula is C12H16ClFO5S. The highest BCUT2D eigenvalue weighted by Gasteiger charge is 2.17. The van der Waals surface area contributed by atoms with E-state index >= 15 is 0 Å². The van der Waals surface area contributed by atoms with Crippen LogP contribution in [0.1, 0.15) is 6.42 Å². The first-order chi connectivity index (χ1) is 9.45. The van der Waals surface area contributed by atoms with E-state index in [0.717, 1.165) is 12.1 Å². The summed E-state index contributed by atoms with van der Waals surface area (Å²) in [7, 11) is 2.75. The molecule has 0 aromatic heterocycles. The van der Waals surface area contributed by atoms with Gasteiger partial charge in [0.05, 0.1) is 19.8 Å². The van der Waals surface area contributed by atoms with Crippen LogP contribution in [0, 0.1) is 5.82 Å². The summed E-state index contributed by atoms with van der Waals surface area (Å²) in [5.41, 5.74) is 0. The Balaban J connectivity index is 2.48. The molecule has 0 unspecified atom stereocenters. The predicted octanol–water partition coefficient (Wildman–Crippen LogP) is 2.19. The summed E-state index contributed by atoms with van der Waals surface area (Å²) in [6.07, 6.45) is 0.558. The van der Waals surface area contributed by atoms with Crippen molar-refractivity contribution >= 4 is 19.7 Å². The average Bonchev–Trinajstić information content (AvgIpc) is 2.38. The fraction of sp³-hybridized carbons (Fsp3) is 0.500. The minimum absolute atomic E-state index is 0.0262. The summed E-state index contributed by atoms with van der Waals surface area (Å²) < 4.78 is 50.9. The van der Waals surface area contributed by atoms with Crippen molar-refractivity contribution in [3.63, 3.8) is 0 Å². The molecule has 0 fully saturated rings. The minimum atomic E-state index is -4.05. The third-order valence-corrected chi connectivity index (χ3v) is 3.63. The number of hydrogen-bond acceptors (Lipinski definition) is 5. The quantitative estimate of drug-likeness (QED) is 0.514. The van der Waals surface area contributed by atoms with Crippen LogP contribution in [0.25, 0.3) is 0 Å². The number of hydrogen-bond donors (Lipinski definition) is 0. The number of halogens is 2. The molecule has 0 amide bonds. The van der Waals surface area contributed by atoms with Crippen LogP contribution in [0.15, 0.2) is 23.1 Å². The van der Waals surface area contributed by atoms with Crippen LogP contribution in [0.2, 0.25) is 0 Å². The molecule has 0 heterocycles. The van der Waals surface area contributed by atoms with Gasteiger partial charge in [0.25, 0.3) is 9.05 Å². The normalized spacial score (nSPS) is 11.6. The van der Waals surface area contributed by atoms with Crippen LogP contribution < -0.4 is 4.74 Å². The molecule has 0 saturated heterocycles. The van der Waals surface area contributed by atoms with Gasteiger partial charge in [-0.2, -0.15) is 0 Å². The van der Waals surface area contributed by atoms with Crippen LogP contribution in [0.4, 0.5) is 4.39 Å². The third-order valence-electron chi connectivity index (χ3n) is 2.29. The zero-order valence-corrected chi connectivity index (χ0v) is 12.5. The molecule has 0 saturated carbocycles. The lowest BCUT2D eigenvalue weighted by Crippen LogP contribution is -2.08. The van der Waals surface area contributed by atoms with Gasteiger partial charge in [-0.3, -0.25) is 0 Å². The predicted molar refractivity (Wildman–Crippen MR) is 72.2 cm³/mol. The largest absolute Gasteiger partial charge is 0.492 e. The maximum atomic E-state index is 13.0. The molecule has 1 aromatic rings. The molecule has 8 heteroatoms. The summed E-state index contributed by atoms with van der Waals surface area (Å²) in [4.78, 5) is -0.375. The molecule has 0 spiro atoms. The Labute approximate surface area is 122 Å². The lowest BCUT2D eigenvalue weighted by molar-refractivity contribution is 0.0643. The smallest absolute Gasteiger partial charge is 0.265 e. The highest BCUT2D eigenvalue weighted by atomic mass is 35.7. The second-order valence-corrected chi connectivity index (χ2v) is 6.37. The van der Waals surface area contributed by atoms with Gasteiger partial charge in [-0.05, 0) is 18.2 Å². The second kappa shape index (κ2) is 8.41. The Morgan fingerprint density at radius 2 is 1.95 bits per heavy atom. The molecule has 0 bridgehead atoms. The van der Waals surface area contributed by atoms with Crippen molar-refractivity contribution in [3.05, 3.63) is 24.0 Å². The SMILES string of the molecule is COCCOCCCOc1ccc(F)cc1S(=O)(=O)Cl. The molecule has 5 nitrogen and oxygen atoms in total. The van der Waals surface area contributed by atoms with E-state index in [9.17, 15) is 12.8 Å². The van der Waals surface area contributed by atoms with Gasteiger partial charge < -0.3 is 14.2 Å². The zero-order chi connectivity index (χ0) is 15.0. The van der Waals surface area contributed by atoms with Gasteiger partial charge in [-0.1, -0.05) is 0 Å². The van der Waals surface area contributed by atoms with Gasteiger partial charge in [0.1, 0.15) is 16.5 Å². The maximum Gasteiger partial charge on any atom is 0.265 e. The lowest BCUT2D eigenvalue weighted by Gasteiger charge is -2.10. The Morgan fingerprint density at radius 1 is 1.20 bits per heavy atom. The number of ether oxygens (including phenoxy) is 3. The van der Waals surface area contributed by atoms with Crippen molar-refractivity contribution in [3.8, 4) is 5.75 Å². The van der Waals surface area contributed by atoms with Crippen molar-refractivity contribution < 1.29 is 27.0 Å². The molecule has 20 heavy (non-hydrogen) atoms. The lowest BCUT2D eigenvalue weighted by atomic mass is 10.3. The average molecular weight is 327 g/mol. The minimum Gasteiger partial charge on any atom is -0.492 e. The van der Waals surface area contributed by atoms with Gasteiger partial charge >= 0.3 is 0 Å². The Morgan fingerprint density at radius 3 is 2.60 bits per heavy atom. The van der Waals surface area contributed by atoms with E-state index in [1.165, 1.54) is 6.07 Å². The molecule has 0 atom stereocenters. The van der Waals surface area contributed by atoms with E-state index in [-0.39, 0.29) is 17.3 Å². The fourth-order valence-corrected chi connectivity index (χ4v) is 2.36. The molecule has 114 valence electrons. The molecule has 0 aliphatic heterocycles. The van der Waals surface area contributed by atoms with E-state index in [0.29, 0.717) is 26.2 Å². The standard InChI is InChI=1S/C12H16ClFO5S/c1-17-7-8-18-5-2-6-19-11-4-3-10(14)9-12(11)20(13,15)16/h3-4,9H,2,5-8H2,1H3. The van der Waals surface area contributed by atoms with Crippen LogP contribution in [0.3, 0.4) is 0 Å². The second-order valence-electron chi connectivity index (χ2n) is 3.84. The van der Waals surface area contributed by atoms with Crippen LogP contribution in [-0.4, -0.2) is 42.0 Å². The maximum absolute atomic E-state index is 13.0. The van der Waals surface area contributed by atoms with Gasteiger partial charge in [-0.15, -0.1) is 0 Å². The summed E-state index contributed by atoms with van der Waals surface area (Å²) in [6, 6.07) is 3.17. The van der Waals surface area contributed by atoms with Crippen LogP contribution in [-0.2, 0) is 18.5 Å². The summed E-state index contributed by atoms with van der Waals surface area (Å²) >= 11 is 0. The van der Waals surface area contributed by atoms with E-state index in [4.69, 9.17) is 24.9 Å². The Kier molecular flexibility index (Phi) is 7.22. The molecule has 0 N–H and O–H groups in total. The van der Waals surface area contributed by atoms with Crippen LogP contribution >= 0.6 is 10.7 Å². The number of methoxy groups -OCH3 is 1. The summed E-state index contributed by atoms with van der Waals surface area (Å²) in [5, 5.41) is 0. The molecule has 1 aromatic carbocycles. The van der Waals surface area contributed by atoms with Crippen molar-refractivity contribution in [1.29, 1.82) is 0 Å². The zero-order valence-electron chi connectivity index (χ0n) is 11.0. The summed E-state index contributed by atoms with van der Waals surface area (Å²) in [6.45, 7) is 1.67. The van der Waals surface area contributed by atoms with Gasteiger partial charge in [-0.25, -0.2) is 12.8 Å². The number of rotatable bonds is 9. The molecule has 1 rings (SSSR count). The van der Waals surface area contributed by atoms with Gasteiger partial charge in [0, 0.05) is 30.8 Å². The van der Waals surface area contributed by atoms with Crippen molar-refractivity contribution in [2.75, 3.05) is 33.5 Å². The fourth-order valence-electron chi connectivity index (χ4n) is 1.38. The highest BCUT2D eigenvalue weighted by Crippen LogP contribution is 2.27. The van der Waals surface area contributed by atoms with Crippen molar-refractivity contribution in [1.82, 2.24) is 0 Å². The molecule has 0 aliphatic rings. The first-order valence-electron chi connectivity index (χ1n) is 5.89. The van der Waals surface area contributed by atoms with E-state index in [2.05, 4.69) is 0 Å². The topological polar surface area (TPSA) is 61.8 Å². The molecule has 0 radical (unpaired) electrons. The Bertz CT molecular complexity index is 521. The van der Waals surface area contributed by atoms with E-state index in [1.54, 1.807) is 7.11 Å². The first kappa shape index (κ1) is 17.2. The highest BCUT2D eigenvalue weighted by molar-refractivity contribution is 8.13. The monoisotopic (exact) mass is 326 g/mol. The first-order valence-corrected chi connectivity index (χ1v) is 8.20. The third kappa shape index (κ3) is 6.04. The van der Waals surface area contributed by atoms with E-state index in [1.807, 2.05) is 0 Å². The van der Waals surface area contributed by atoms with E-state index < -0.39 is 14.9 Å². The van der Waals surface area contributed by atoms with Gasteiger partial charge in [0.15, 0.2) is 0 Å².